The maximum atomic E-state index is 15.3. The molecule has 1 aliphatic carbocycles. The van der Waals surface area contributed by atoms with Crippen LogP contribution in [0, 0.1) is 5.82 Å². The van der Waals surface area contributed by atoms with Gasteiger partial charge in [0, 0.05) is 22.1 Å². The topological polar surface area (TPSA) is 9.23 Å². The SMILES string of the molecule is CC12C=CC=C(c3c4ccccc4c(-c4ccccc4F)c4ccccc34)C1c1ccc3ccccc3c1O2. The van der Waals surface area contributed by atoms with Crippen LogP contribution in [0.2, 0.25) is 0 Å². The molecule has 6 aromatic rings. The molecule has 0 N–H and O–H groups in total. The van der Waals surface area contributed by atoms with Crippen molar-refractivity contribution >= 4 is 37.9 Å². The van der Waals surface area contributed by atoms with Crippen molar-refractivity contribution in [3.8, 4) is 16.9 Å². The zero-order valence-electron chi connectivity index (χ0n) is 21.5. The Bertz CT molecular complexity index is 1970. The normalized spacial score (nSPS) is 19.6. The van der Waals surface area contributed by atoms with E-state index >= 15 is 4.39 Å². The van der Waals surface area contributed by atoms with Gasteiger partial charge >= 0.3 is 0 Å². The van der Waals surface area contributed by atoms with Crippen LogP contribution in [0.4, 0.5) is 4.39 Å². The highest BCUT2D eigenvalue weighted by Crippen LogP contribution is 2.57. The van der Waals surface area contributed by atoms with E-state index in [0.29, 0.717) is 5.56 Å². The molecule has 6 aromatic carbocycles. The summed E-state index contributed by atoms with van der Waals surface area (Å²) < 4.78 is 22.1. The number of hydrogen-bond acceptors (Lipinski definition) is 1. The maximum absolute atomic E-state index is 15.3. The van der Waals surface area contributed by atoms with E-state index in [0.717, 1.165) is 38.2 Å². The highest BCUT2D eigenvalue weighted by molar-refractivity contribution is 6.19. The van der Waals surface area contributed by atoms with Gasteiger partial charge in [0.1, 0.15) is 17.2 Å². The van der Waals surface area contributed by atoms with Gasteiger partial charge in [0.05, 0.1) is 5.92 Å². The summed E-state index contributed by atoms with van der Waals surface area (Å²) in [5, 5.41) is 6.65. The number of benzene rings is 6. The van der Waals surface area contributed by atoms with Crippen LogP contribution in [0.3, 0.4) is 0 Å². The number of rotatable bonds is 2. The third-order valence-electron chi connectivity index (χ3n) is 8.49. The number of ether oxygens (including phenoxy) is 1. The fraction of sp³-hybridized carbons (Fsp3) is 0.0811. The minimum absolute atomic E-state index is 0.0215. The molecule has 2 atom stereocenters. The van der Waals surface area contributed by atoms with Crippen molar-refractivity contribution in [2.24, 2.45) is 0 Å². The van der Waals surface area contributed by atoms with Crippen LogP contribution in [-0.4, -0.2) is 5.60 Å². The predicted molar refractivity (Wildman–Crippen MR) is 160 cm³/mol. The lowest BCUT2D eigenvalue weighted by molar-refractivity contribution is 0.160. The molecule has 0 bridgehead atoms. The van der Waals surface area contributed by atoms with Gasteiger partial charge in [-0.2, -0.15) is 0 Å². The van der Waals surface area contributed by atoms with E-state index in [2.05, 4.69) is 97.9 Å². The van der Waals surface area contributed by atoms with E-state index in [9.17, 15) is 0 Å². The summed E-state index contributed by atoms with van der Waals surface area (Å²) in [7, 11) is 0. The smallest absolute Gasteiger partial charge is 0.136 e. The van der Waals surface area contributed by atoms with Crippen molar-refractivity contribution in [1.82, 2.24) is 0 Å². The quantitative estimate of drug-likeness (QED) is 0.213. The van der Waals surface area contributed by atoms with Crippen LogP contribution in [0.5, 0.6) is 5.75 Å². The molecule has 186 valence electrons. The zero-order valence-corrected chi connectivity index (χ0v) is 21.5. The fourth-order valence-corrected chi connectivity index (χ4v) is 6.86. The van der Waals surface area contributed by atoms with Gasteiger partial charge in [-0.3, -0.25) is 0 Å². The molecule has 1 heterocycles. The Kier molecular flexibility index (Phi) is 4.66. The molecule has 39 heavy (non-hydrogen) atoms. The third kappa shape index (κ3) is 3.12. The van der Waals surface area contributed by atoms with Gasteiger partial charge in [0.2, 0.25) is 0 Å². The molecule has 0 amide bonds. The summed E-state index contributed by atoms with van der Waals surface area (Å²) in [5.74, 6) is 0.779. The van der Waals surface area contributed by atoms with Crippen LogP contribution in [0.25, 0.3) is 49.0 Å². The maximum Gasteiger partial charge on any atom is 0.136 e. The van der Waals surface area contributed by atoms with E-state index in [-0.39, 0.29) is 11.7 Å². The largest absolute Gasteiger partial charge is 0.482 e. The lowest BCUT2D eigenvalue weighted by atomic mass is 9.72. The first kappa shape index (κ1) is 22.3. The highest BCUT2D eigenvalue weighted by atomic mass is 19.1. The third-order valence-corrected chi connectivity index (χ3v) is 8.49. The number of fused-ring (bicyclic) bond motifs is 7. The first-order valence-corrected chi connectivity index (χ1v) is 13.4. The molecule has 1 nitrogen and oxygen atoms in total. The minimum Gasteiger partial charge on any atom is -0.482 e. The Labute approximate surface area is 226 Å². The van der Waals surface area contributed by atoms with Crippen molar-refractivity contribution in [3.63, 3.8) is 0 Å². The Balaban J connectivity index is 1.47. The molecule has 0 saturated heterocycles. The molecule has 0 spiro atoms. The second-order valence-electron chi connectivity index (χ2n) is 10.7. The van der Waals surface area contributed by atoms with Crippen molar-refractivity contribution in [2.45, 2.75) is 18.4 Å². The van der Waals surface area contributed by atoms with E-state index in [1.807, 2.05) is 24.3 Å². The summed E-state index contributed by atoms with van der Waals surface area (Å²) >= 11 is 0. The van der Waals surface area contributed by atoms with E-state index in [1.54, 1.807) is 12.1 Å². The van der Waals surface area contributed by atoms with Crippen LogP contribution >= 0.6 is 0 Å². The Hall–Kier alpha value is -4.69. The molecular formula is C37H25FO. The number of halogens is 1. The highest BCUT2D eigenvalue weighted by Gasteiger charge is 2.47. The van der Waals surface area contributed by atoms with Gasteiger partial charge in [-0.25, -0.2) is 4.39 Å². The second kappa shape index (κ2) is 8.15. The van der Waals surface area contributed by atoms with Crippen molar-refractivity contribution < 1.29 is 9.13 Å². The number of hydrogen-bond donors (Lipinski definition) is 0. The Morgan fingerprint density at radius 1 is 0.641 bits per heavy atom. The van der Waals surface area contributed by atoms with Gasteiger partial charge in [0.15, 0.2) is 0 Å². The van der Waals surface area contributed by atoms with Crippen LogP contribution in [0.15, 0.2) is 127 Å². The van der Waals surface area contributed by atoms with Gasteiger partial charge in [-0.1, -0.05) is 115 Å². The monoisotopic (exact) mass is 504 g/mol. The number of allylic oxidation sites excluding steroid dienone is 2. The molecule has 0 aromatic heterocycles. The lowest BCUT2D eigenvalue weighted by Gasteiger charge is -2.33. The average Bonchev–Trinajstić information content (AvgIpc) is 3.29. The van der Waals surface area contributed by atoms with E-state index < -0.39 is 5.60 Å². The molecule has 0 fully saturated rings. The first-order valence-electron chi connectivity index (χ1n) is 13.4. The molecule has 2 heteroatoms. The van der Waals surface area contributed by atoms with Crippen LogP contribution < -0.4 is 4.74 Å². The summed E-state index contributed by atoms with van der Waals surface area (Å²) in [4.78, 5) is 0. The molecule has 2 aliphatic rings. The minimum atomic E-state index is -0.511. The first-order chi connectivity index (χ1) is 19.1. The molecule has 2 unspecified atom stereocenters. The van der Waals surface area contributed by atoms with Gasteiger partial charge < -0.3 is 4.74 Å². The molecule has 1 aliphatic heterocycles. The predicted octanol–water partition coefficient (Wildman–Crippen LogP) is 9.84. The van der Waals surface area contributed by atoms with Crippen molar-refractivity contribution in [3.05, 3.63) is 144 Å². The standard InChI is InChI=1S/C37H25FO/c1-37-22-10-18-30(35(37)31-21-20-23-11-2-3-12-24(23)36(31)39-37)34-27-15-6-4-13-25(27)33(26-14-5-7-16-28(26)34)29-17-8-9-19-32(29)38/h2-22,35H,1H3. The van der Waals surface area contributed by atoms with Crippen LogP contribution in [-0.2, 0) is 0 Å². The van der Waals surface area contributed by atoms with Gasteiger partial charge in [-0.05, 0) is 57.1 Å². The molecule has 8 rings (SSSR count). The van der Waals surface area contributed by atoms with Crippen LogP contribution in [0.1, 0.15) is 24.0 Å². The summed E-state index contributed by atoms with van der Waals surface area (Å²) in [6.45, 7) is 2.19. The molecule has 0 radical (unpaired) electrons. The fourth-order valence-electron chi connectivity index (χ4n) is 6.86. The molecular weight excluding hydrogens is 479 g/mol. The van der Waals surface area contributed by atoms with Crippen molar-refractivity contribution in [2.75, 3.05) is 0 Å². The summed E-state index contributed by atoms with van der Waals surface area (Å²) in [5.41, 5.74) is 4.67. The summed E-state index contributed by atoms with van der Waals surface area (Å²) in [6.07, 6.45) is 6.57. The Morgan fingerprint density at radius 3 is 1.92 bits per heavy atom. The second-order valence-corrected chi connectivity index (χ2v) is 10.7. The molecule has 0 saturated carbocycles. The van der Waals surface area contributed by atoms with E-state index in [4.69, 9.17) is 4.74 Å². The van der Waals surface area contributed by atoms with Gasteiger partial charge in [-0.15, -0.1) is 0 Å². The lowest BCUT2D eigenvalue weighted by Crippen LogP contribution is -2.34. The zero-order chi connectivity index (χ0) is 26.1. The van der Waals surface area contributed by atoms with E-state index in [1.165, 1.54) is 22.1 Å². The van der Waals surface area contributed by atoms with Gasteiger partial charge in [0.25, 0.3) is 0 Å². The van der Waals surface area contributed by atoms with Crippen molar-refractivity contribution in [1.29, 1.82) is 0 Å². The summed E-state index contributed by atoms with van der Waals surface area (Å²) in [6, 6.07) is 36.8. The average molecular weight is 505 g/mol. The Morgan fingerprint density at radius 2 is 1.23 bits per heavy atom.